The molecule has 1 fully saturated rings. The molecule has 0 aliphatic carbocycles. The Balaban J connectivity index is 2.09. The number of ether oxygens (including phenoxy) is 2. The molecule has 1 heterocycles. The number of amides is 1. The monoisotopic (exact) mass is 297 g/mol. The van der Waals surface area contributed by atoms with E-state index in [1.165, 1.54) is 0 Å². The van der Waals surface area contributed by atoms with Crippen LogP contribution in [0.3, 0.4) is 0 Å². The topological polar surface area (TPSA) is 38.8 Å². The van der Waals surface area contributed by atoms with Crippen LogP contribution in [-0.4, -0.2) is 43.2 Å². The summed E-state index contributed by atoms with van der Waals surface area (Å²) < 4.78 is 10.9. The standard InChI is InChI=1S/C15H20ClNO3/c1-15(2)10-17(6-7-20-15)14(18)9-11-8-12(16)4-5-13(11)19-3/h4-5,8H,6-7,9-10H2,1-3H3. The number of benzene rings is 1. The van der Waals surface area contributed by atoms with Gasteiger partial charge in [-0.3, -0.25) is 4.79 Å². The van der Waals surface area contributed by atoms with Crippen LogP contribution in [0.15, 0.2) is 18.2 Å². The smallest absolute Gasteiger partial charge is 0.227 e. The fourth-order valence-electron chi connectivity index (χ4n) is 2.39. The highest BCUT2D eigenvalue weighted by Crippen LogP contribution is 2.24. The zero-order chi connectivity index (χ0) is 14.8. The zero-order valence-corrected chi connectivity index (χ0v) is 12.9. The molecule has 0 bridgehead atoms. The number of rotatable bonds is 3. The lowest BCUT2D eigenvalue weighted by Crippen LogP contribution is -2.51. The van der Waals surface area contributed by atoms with Crippen molar-refractivity contribution in [3.63, 3.8) is 0 Å². The van der Waals surface area contributed by atoms with Gasteiger partial charge in [0.05, 0.1) is 25.7 Å². The van der Waals surface area contributed by atoms with Crippen molar-refractivity contribution in [1.82, 2.24) is 4.90 Å². The van der Waals surface area contributed by atoms with Gasteiger partial charge < -0.3 is 14.4 Å². The fraction of sp³-hybridized carbons (Fsp3) is 0.533. The van der Waals surface area contributed by atoms with E-state index in [1.807, 2.05) is 18.7 Å². The van der Waals surface area contributed by atoms with Crippen molar-refractivity contribution >= 4 is 17.5 Å². The van der Waals surface area contributed by atoms with E-state index in [1.54, 1.807) is 25.3 Å². The second-order valence-electron chi connectivity index (χ2n) is 5.56. The van der Waals surface area contributed by atoms with Crippen molar-refractivity contribution in [2.24, 2.45) is 0 Å². The zero-order valence-electron chi connectivity index (χ0n) is 12.1. The molecule has 1 saturated heterocycles. The van der Waals surface area contributed by atoms with Crippen LogP contribution < -0.4 is 4.74 Å². The predicted molar refractivity (Wildman–Crippen MR) is 78.3 cm³/mol. The van der Waals surface area contributed by atoms with Crippen LogP contribution >= 0.6 is 11.6 Å². The van der Waals surface area contributed by atoms with Crippen LogP contribution in [0.1, 0.15) is 19.4 Å². The van der Waals surface area contributed by atoms with Gasteiger partial charge in [0.1, 0.15) is 5.75 Å². The van der Waals surface area contributed by atoms with Crippen LogP contribution in [0.4, 0.5) is 0 Å². The molecule has 0 aromatic heterocycles. The summed E-state index contributed by atoms with van der Waals surface area (Å²) in [4.78, 5) is 14.2. The molecule has 0 saturated carbocycles. The van der Waals surface area contributed by atoms with Gasteiger partial charge in [0.2, 0.25) is 5.91 Å². The summed E-state index contributed by atoms with van der Waals surface area (Å²) in [5, 5.41) is 0.607. The molecule has 1 amide bonds. The Hall–Kier alpha value is -1.26. The molecule has 2 rings (SSSR count). The van der Waals surface area contributed by atoms with Crippen LogP contribution in [0.25, 0.3) is 0 Å². The highest BCUT2D eigenvalue weighted by Gasteiger charge is 2.30. The van der Waals surface area contributed by atoms with E-state index < -0.39 is 0 Å². The van der Waals surface area contributed by atoms with Gasteiger partial charge in [-0.25, -0.2) is 0 Å². The SMILES string of the molecule is COc1ccc(Cl)cc1CC(=O)N1CCOC(C)(C)C1. The molecule has 1 aliphatic rings. The van der Waals surface area contributed by atoms with Gasteiger partial charge in [0.15, 0.2) is 0 Å². The fourth-order valence-corrected chi connectivity index (χ4v) is 2.58. The number of carbonyl (C=O) groups is 1. The second kappa shape index (κ2) is 6.02. The maximum atomic E-state index is 12.4. The van der Waals surface area contributed by atoms with Gasteiger partial charge >= 0.3 is 0 Å². The molecule has 20 heavy (non-hydrogen) atoms. The molecule has 0 spiro atoms. The highest BCUT2D eigenvalue weighted by atomic mass is 35.5. The van der Waals surface area contributed by atoms with Gasteiger partial charge in [0, 0.05) is 23.7 Å². The van der Waals surface area contributed by atoms with Crippen molar-refractivity contribution in [2.75, 3.05) is 26.8 Å². The summed E-state index contributed by atoms with van der Waals surface area (Å²) in [6.45, 7) is 5.80. The van der Waals surface area contributed by atoms with E-state index in [0.29, 0.717) is 36.9 Å². The molecular weight excluding hydrogens is 278 g/mol. The lowest BCUT2D eigenvalue weighted by Gasteiger charge is -2.38. The lowest BCUT2D eigenvalue weighted by atomic mass is 10.1. The van der Waals surface area contributed by atoms with E-state index in [2.05, 4.69) is 0 Å². The minimum atomic E-state index is -0.285. The summed E-state index contributed by atoms with van der Waals surface area (Å²) in [5.41, 5.74) is 0.529. The average molecular weight is 298 g/mol. The Morgan fingerprint density at radius 1 is 1.50 bits per heavy atom. The molecule has 0 unspecified atom stereocenters. The Morgan fingerprint density at radius 2 is 2.25 bits per heavy atom. The third-order valence-electron chi connectivity index (χ3n) is 3.36. The molecule has 110 valence electrons. The molecule has 1 aliphatic heterocycles. The van der Waals surface area contributed by atoms with Gasteiger partial charge in [-0.15, -0.1) is 0 Å². The summed E-state index contributed by atoms with van der Waals surface area (Å²) in [7, 11) is 1.59. The van der Waals surface area contributed by atoms with Crippen LogP contribution in [0.2, 0.25) is 5.02 Å². The molecule has 4 nitrogen and oxygen atoms in total. The maximum Gasteiger partial charge on any atom is 0.227 e. The lowest BCUT2D eigenvalue weighted by molar-refractivity contribution is -0.145. The summed E-state index contributed by atoms with van der Waals surface area (Å²) >= 11 is 5.99. The number of hydrogen-bond donors (Lipinski definition) is 0. The second-order valence-corrected chi connectivity index (χ2v) is 5.99. The normalized spacial score (nSPS) is 17.9. The van der Waals surface area contributed by atoms with Gasteiger partial charge in [0.25, 0.3) is 0 Å². The molecule has 0 radical (unpaired) electrons. The van der Waals surface area contributed by atoms with E-state index in [0.717, 1.165) is 5.56 Å². The Bertz CT molecular complexity index is 502. The van der Waals surface area contributed by atoms with Crippen LogP contribution in [0, 0.1) is 0 Å². The summed E-state index contributed by atoms with van der Waals surface area (Å²) in [6, 6.07) is 5.32. The van der Waals surface area contributed by atoms with E-state index in [9.17, 15) is 4.79 Å². The minimum Gasteiger partial charge on any atom is -0.496 e. The molecule has 1 aromatic carbocycles. The number of methoxy groups -OCH3 is 1. The number of morpholine rings is 1. The van der Waals surface area contributed by atoms with Gasteiger partial charge in [-0.1, -0.05) is 11.6 Å². The van der Waals surface area contributed by atoms with Crippen molar-refractivity contribution in [1.29, 1.82) is 0 Å². The summed E-state index contributed by atoms with van der Waals surface area (Å²) in [6.07, 6.45) is 0.291. The number of hydrogen-bond acceptors (Lipinski definition) is 3. The largest absolute Gasteiger partial charge is 0.496 e. The van der Waals surface area contributed by atoms with Crippen LogP contribution in [0.5, 0.6) is 5.75 Å². The Kier molecular flexibility index (Phi) is 4.55. The quantitative estimate of drug-likeness (QED) is 0.860. The molecular formula is C15H20ClNO3. The average Bonchev–Trinajstić information content (AvgIpc) is 2.38. The third-order valence-corrected chi connectivity index (χ3v) is 3.60. The maximum absolute atomic E-state index is 12.4. The Labute approximate surface area is 124 Å². The first-order valence-corrected chi connectivity index (χ1v) is 7.03. The molecule has 0 atom stereocenters. The van der Waals surface area contributed by atoms with Crippen molar-refractivity contribution < 1.29 is 14.3 Å². The molecule has 0 N–H and O–H groups in total. The minimum absolute atomic E-state index is 0.0712. The molecule has 5 heteroatoms. The van der Waals surface area contributed by atoms with Crippen molar-refractivity contribution in [3.05, 3.63) is 28.8 Å². The first-order chi connectivity index (χ1) is 9.41. The van der Waals surface area contributed by atoms with E-state index in [4.69, 9.17) is 21.1 Å². The van der Waals surface area contributed by atoms with Gasteiger partial charge in [-0.2, -0.15) is 0 Å². The van der Waals surface area contributed by atoms with Gasteiger partial charge in [-0.05, 0) is 32.0 Å². The van der Waals surface area contributed by atoms with E-state index >= 15 is 0 Å². The first-order valence-electron chi connectivity index (χ1n) is 6.65. The number of carbonyl (C=O) groups excluding carboxylic acids is 1. The van der Waals surface area contributed by atoms with Crippen LogP contribution in [-0.2, 0) is 16.0 Å². The highest BCUT2D eigenvalue weighted by molar-refractivity contribution is 6.30. The van der Waals surface area contributed by atoms with E-state index in [-0.39, 0.29) is 11.5 Å². The third kappa shape index (κ3) is 3.64. The number of halogens is 1. The van der Waals surface area contributed by atoms with Crippen molar-refractivity contribution in [2.45, 2.75) is 25.9 Å². The molecule has 1 aromatic rings. The Morgan fingerprint density at radius 3 is 2.90 bits per heavy atom. The number of nitrogens with zero attached hydrogens (tertiary/aromatic N) is 1. The predicted octanol–water partition coefficient (Wildman–Crippen LogP) is 2.53. The summed E-state index contributed by atoms with van der Waals surface area (Å²) in [5.74, 6) is 0.761. The van der Waals surface area contributed by atoms with Crippen molar-refractivity contribution in [3.8, 4) is 5.75 Å². The first kappa shape index (κ1) is 15.1.